The summed E-state index contributed by atoms with van der Waals surface area (Å²) in [7, 11) is 0. The fourth-order valence-electron chi connectivity index (χ4n) is 3.24. The summed E-state index contributed by atoms with van der Waals surface area (Å²) in [6, 6.07) is 5.78. The van der Waals surface area contributed by atoms with Gasteiger partial charge in [0, 0.05) is 24.3 Å². The van der Waals surface area contributed by atoms with Crippen LogP contribution >= 0.6 is 0 Å². The number of nitrogens with one attached hydrogen (secondary N) is 1. The second kappa shape index (κ2) is 6.67. The van der Waals surface area contributed by atoms with Gasteiger partial charge in [0.1, 0.15) is 6.26 Å². The van der Waals surface area contributed by atoms with Crippen LogP contribution < -0.4 is 5.32 Å². The third-order valence-electron chi connectivity index (χ3n) is 4.59. The zero-order valence-electron chi connectivity index (χ0n) is 14.6. The molecule has 128 valence electrons. The van der Waals surface area contributed by atoms with Crippen molar-refractivity contribution in [1.29, 1.82) is 0 Å². The molecule has 1 fully saturated rings. The van der Waals surface area contributed by atoms with Crippen molar-refractivity contribution in [2.75, 3.05) is 18.4 Å². The number of nitrogens with zero attached hydrogens (tertiary/aromatic N) is 2. The molecule has 0 spiro atoms. The minimum Gasteiger partial charge on any atom is -0.445 e. The number of aromatic nitrogens is 1. The quantitative estimate of drug-likeness (QED) is 0.870. The lowest BCUT2D eigenvalue weighted by Crippen LogP contribution is -2.40. The average Bonchev–Trinajstić information content (AvgIpc) is 2.99. The summed E-state index contributed by atoms with van der Waals surface area (Å²) in [4.78, 5) is 18.8. The number of benzene rings is 1. The number of carbonyl (C=O) groups is 1. The predicted molar refractivity (Wildman–Crippen MR) is 94.9 cm³/mol. The van der Waals surface area contributed by atoms with E-state index in [1.807, 2.05) is 30.0 Å². The Morgan fingerprint density at radius 3 is 2.92 bits per heavy atom. The van der Waals surface area contributed by atoms with Crippen molar-refractivity contribution in [1.82, 2.24) is 9.88 Å². The van der Waals surface area contributed by atoms with Crippen LogP contribution in [0.2, 0.25) is 0 Å². The molecule has 5 heteroatoms. The van der Waals surface area contributed by atoms with Gasteiger partial charge < -0.3 is 14.6 Å². The van der Waals surface area contributed by atoms with Gasteiger partial charge in [-0.1, -0.05) is 26.3 Å². The van der Waals surface area contributed by atoms with Crippen LogP contribution in [-0.2, 0) is 0 Å². The fraction of sp³-hybridized carbons (Fsp3) is 0.474. The number of amides is 2. The molecule has 1 aromatic carbocycles. The van der Waals surface area contributed by atoms with E-state index in [1.165, 1.54) is 6.42 Å². The largest absolute Gasteiger partial charge is 0.445 e. The molecule has 1 saturated heterocycles. The van der Waals surface area contributed by atoms with Gasteiger partial charge in [-0.15, -0.1) is 0 Å². The van der Waals surface area contributed by atoms with Crippen molar-refractivity contribution in [3.8, 4) is 11.5 Å². The van der Waals surface area contributed by atoms with Crippen LogP contribution in [0.4, 0.5) is 10.5 Å². The molecule has 0 radical (unpaired) electrons. The highest BCUT2D eigenvalue weighted by Gasteiger charge is 2.27. The van der Waals surface area contributed by atoms with Crippen LogP contribution in [0.1, 0.15) is 38.7 Å². The summed E-state index contributed by atoms with van der Waals surface area (Å²) in [6.45, 7) is 8.06. The van der Waals surface area contributed by atoms with Gasteiger partial charge in [0.2, 0.25) is 5.89 Å². The predicted octanol–water partition coefficient (Wildman–Crippen LogP) is 4.69. The van der Waals surface area contributed by atoms with Gasteiger partial charge in [0.05, 0.1) is 6.20 Å². The average molecular weight is 327 g/mol. The van der Waals surface area contributed by atoms with E-state index < -0.39 is 0 Å². The van der Waals surface area contributed by atoms with Crippen LogP contribution in [0.15, 0.2) is 35.1 Å². The highest BCUT2D eigenvalue weighted by atomic mass is 16.3. The maximum atomic E-state index is 12.7. The van der Waals surface area contributed by atoms with Crippen LogP contribution in [0.3, 0.4) is 0 Å². The number of anilines is 1. The number of hydrogen-bond acceptors (Lipinski definition) is 3. The van der Waals surface area contributed by atoms with Crippen LogP contribution in [0, 0.1) is 12.3 Å². The molecule has 1 aliphatic heterocycles. The minimum atomic E-state index is -0.0350. The number of urea groups is 1. The number of aryl methyl sites for hydroxylation is 1. The summed E-state index contributed by atoms with van der Waals surface area (Å²) in [5, 5.41) is 3.02. The SMILES string of the molecule is Cc1ccc(NC(=O)N2CCCCC(C)(C)C2)cc1-c1ncco1. The van der Waals surface area contributed by atoms with Crippen LogP contribution in [-0.4, -0.2) is 29.0 Å². The zero-order valence-corrected chi connectivity index (χ0v) is 14.6. The summed E-state index contributed by atoms with van der Waals surface area (Å²) in [5.74, 6) is 0.569. The Balaban J connectivity index is 1.76. The van der Waals surface area contributed by atoms with Gasteiger partial charge in [-0.2, -0.15) is 0 Å². The lowest BCUT2D eigenvalue weighted by Gasteiger charge is -2.29. The maximum Gasteiger partial charge on any atom is 0.321 e. The Morgan fingerprint density at radius 2 is 2.17 bits per heavy atom. The lowest BCUT2D eigenvalue weighted by molar-refractivity contribution is 0.188. The molecule has 24 heavy (non-hydrogen) atoms. The first kappa shape index (κ1) is 16.6. The van der Waals surface area contributed by atoms with Gasteiger partial charge in [0.25, 0.3) is 0 Å². The van der Waals surface area contributed by atoms with E-state index in [4.69, 9.17) is 4.42 Å². The van der Waals surface area contributed by atoms with Crippen molar-refractivity contribution in [2.24, 2.45) is 5.41 Å². The maximum absolute atomic E-state index is 12.7. The number of carbonyl (C=O) groups excluding carboxylic acids is 1. The van der Waals surface area contributed by atoms with Gasteiger partial charge in [0.15, 0.2) is 0 Å². The molecule has 1 aliphatic rings. The van der Waals surface area contributed by atoms with E-state index in [-0.39, 0.29) is 11.4 Å². The minimum absolute atomic E-state index is 0.0350. The monoisotopic (exact) mass is 327 g/mol. The summed E-state index contributed by atoms with van der Waals surface area (Å²) in [5.41, 5.74) is 2.89. The molecule has 0 saturated carbocycles. The summed E-state index contributed by atoms with van der Waals surface area (Å²) >= 11 is 0. The highest BCUT2D eigenvalue weighted by molar-refractivity contribution is 5.90. The second-order valence-electron chi connectivity index (χ2n) is 7.34. The van der Waals surface area contributed by atoms with Gasteiger partial charge in [-0.05, 0) is 42.9 Å². The van der Waals surface area contributed by atoms with E-state index >= 15 is 0 Å². The van der Waals surface area contributed by atoms with E-state index in [0.717, 1.165) is 42.7 Å². The van der Waals surface area contributed by atoms with Gasteiger partial charge in [-0.25, -0.2) is 9.78 Å². The number of oxazole rings is 1. The molecule has 0 bridgehead atoms. The first-order chi connectivity index (χ1) is 11.4. The van der Waals surface area contributed by atoms with E-state index in [2.05, 4.69) is 24.1 Å². The van der Waals surface area contributed by atoms with Gasteiger partial charge in [-0.3, -0.25) is 0 Å². The Kier molecular flexibility index (Phi) is 4.60. The number of rotatable bonds is 2. The first-order valence-electron chi connectivity index (χ1n) is 8.51. The number of hydrogen-bond donors (Lipinski definition) is 1. The molecule has 0 aliphatic carbocycles. The third-order valence-corrected chi connectivity index (χ3v) is 4.59. The summed E-state index contributed by atoms with van der Waals surface area (Å²) < 4.78 is 5.39. The molecule has 0 unspecified atom stereocenters. The molecule has 1 N–H and O–H groups in total. The van der Waals surface area contributed by atoms with Crippen LogP contribution in [0.5, 0.6) is 0 Å². The highest BCUT2D eigenvalue weighted by Crippen LogP contribution is 2.29. The van der Waals surface area contributed by atoms with Gasteiger partial charge >= 0.3 is 6.03 Å². The normalized spacial score (nSPS) is 17.4. The molecule has 1 aromatic heterocycles. The smallest absolute Gasteiger partial charge is 0.321 e. The molecule has 3 rings (SSSR count). The Bertz CT molecular complexity index is 707. The zero-order chi connectivity index (χ0) is 17.2. The molecule has 2 amide bonds. The van der Waals surface area contributed by atoms with E-state index in [0.29, 0.717) is 5.89 Å². The van der Waals surface area contributed by atoms with Crippen molar-refractivity contribution in [2.45, 2.75) is 40.0 Å². The van der Waals surface area contributed by atoms with E-state index in [9.17, 15) is 4.79 Å². The molecular formula is C19H25N3O2. The first-order valence-corrected chi connectivity index (χ1v) is 8.51. The lowest BCUT2D eigenvalue weighted by atomic mass is 9.88. The molecule has 0 atom stereocenters. The van der Waals surface area contributed by atoms with Crippen LogP contribution in [0.25, 0.3) is 11.5 Å². The van der Waals surface area contributed by atoms with Crippen molar-refractivity contribution < 1.29 is 9.21 Å². The summed E-state index contributed by atoms with van der Waals surface area (Å²) in [6.07, 6.45) is 6.58. The molecule has 2 heterocycles. The van der Waals surface area contributed by atoms with E-state index in [1.54, 1.807) is 12.5 Å². The molecule has 5 nitrogen and oxygen atoms in total. The topological polar surface area (TPSA) is 58.4 Å². The third kappa shape index (κ3) is 3.78. The fourth-order valence-corrected chi connectivity index (χ4v) is 3.24. The van der Waals surface area contributed by atoms with Crippen molar-refractivity contribution in [3.05, 3.63) is 36.2 Å². The Labute approximate surface area is 143 Å². The molecule has 2 aromatic rings. The standard InChI is InChI=1S/C19H25N3O2/c1-14-6-7-15(12-16(14)17-20-9-11-24-17)21-18(23)22-10-5-4-8-19(2,3)13-22/h6-7,9,11-12H,4-5,8,10,13H2,1-3H3,(H,21,23). The Hall–Kier alpha value is -2.30. The van der Waals surface area contributed by atoms with Crippen molar-refractivity contribution in [3.63, 3.8) is 0 Å². The number of likely N-dealkylation sites (tertiary alicyclic amines) is 1. The van der Waals surface area contributed by atoms with Crippen molar-refractivity contribution >= 4 is 11.7 Å². The second-order valence-corrected chi connectivity index (χ2v) is 7.34. The molecular weight excluding hydrogens is 302 g/mol. The Morgan fingerprint density at radius 1 is 1.33 bits per heavy atom.